The van der Waals surface area contributed by atoms with Gasteiger partial charge in [0.1, 0.15) is 0 Å². The predicted octanol–water partition coefficient (Wildman–Crippen LogP) is 3.66. The fraction of sp³-hybridized carbons (Fsp3) is 0.0667. The van der Waals surface area contributed by atoms with E-state index in [2.05, 4.69) is 31.8 Å². The van der Waals surface area contributed by atoms with Crippen LogP contribution in [0.25, 0.3) is 0 Å². The molecule has 0 atom stereocenters. The van der Waals surface area contributed by atoms with E-state index in [9.17, 15) is 4.79 Å². The quantitative estimate of drug-likeness (QED) is 0.627. The van der Waals surface area contributed by atoms with E-state index in [1.165, 1.54) is 0 Å². The van der Waals surface area contributed by atoms with Gasteiger partial charge in [0.15, 0.2) is 0 Å². The number of hydrogen-bond acceptors (Lipinski definition) is 3. The van der Waals surface area contributed by atoms with Gasteiger partial charge in [-0.3, -0.25) is 4.79 Å². The van der Waals surface area contributed by atoms with Crippen molar-refractivity contribution in [3.05, 3.63) is 63.6 Å². The molecule has 0 aliphatic rings. The number of hydrazone groups is 1. The number of hydrogen-bond donors (Lipinski definition) is 2. The smallest absolute Gasteiger partial charge is 0.259 e. The third-order valence-corrected chi connectivity index (χ3v) is 3.31. The first-order valence-corrected chi connectivity index (χ1v) is 7.37. The second-order valence-electron chi connectivity index (χ2n) is 4.21. The summed E-state index contributed by atoms with van der Waals surface area (Å²) in [5, 5.41) is 7.51. The normalized spacial score (nSPS) is 10.6. The molecule has 0 radical (unpaired) electrons. The van der Waals surface area contributed by atoms with E-state index in [1.807, 2.05) is 36.4 Å². The van der Waals surface area contributed by atoms with Crippen molar-refractivity contribution < 1.29 is 4.79 Å². The Balaban J connectivity index is 1.78. The van der Waals surface area contributed by atoms with E-state index in [0.717, 1.165) is 15.7 Å². The molecule has 4 nitrogen and oxygen atoms in total. The molecule has 0 spiro atoms. The van der Waals surface area contributed by atoms with Crippen LogP contribution in [0, 0.1) is 0 Å². The lowest BCUT2D eigenvalue weighted by atomic mass is 10.2. The van der Waals surface area contributed by atoms with E-state index < -0.39 is 0 Å². The molecule has 0 saturated carbocycles. The Morgan fingerprint density at radius 1 is 1.24 bits per heavy atom. The minimum absolute atomic E-state index is 0.147. The Bertz CT molecular complexity index is 644. The molecule has 2 aromatic rings. The fourth-order valence-electron chi connectivity index (χ4n) is 1.56. The average molecular weight is 367 g/mol. The lowest BCUT2D eigenvalue weighted by molar-refractivity contribution is -0.119. The van der Waals surface area contributed by atoms with Crippen LogP contribution in [0.5, 0.6) is 0 Å². The van der Waals surface area contributed by atoms with Gasteiger partial charge in [0.25, 0.3) is 5.91 Å². The number of nitrogens with zero attached hydrogens (tertiary/aromatic N) is 1. The van der Waals surface area contributed by atoms with Gasteiger partial charge in [-0.2, -0.15) is 5.10 Å². The number of carbonyl (C=O) groups excluding carboxylic acids is 1. The van der Waals surface area contributed by atoms with Crippen molar-refractivity contribution in [2.45, 2.75) is 0 Å². The molecule has 6 heteroatoms. The maximum absolute atomic E-state index is 11.6. The molecule has 21 heavy (non-hydrogen) atoms. The zero-order chi connectivity index (χ0) is 15.1. The maximum atomic E-state index is 11.6. The number of amides is 1. The Morgan fingerprint density at radius 3 is 2.71 bits per heavy atom. The van der Waals surface area contributed by atoms with Crippen molar-refractivity contribution in [2.24, 2.45) is 5.10 Å². The molecule has 0 aromatic heterocycles. The summed E-state index contributed by atoms with van der Waals surface area (Å²) in [5.41, 5.74) is 4.14. The molecule has 0 aliphatic heterocycles. The lowest BCUT2D eigenvalue weighted by Crippen LogP contribution is -2.25. The highest BCUT2D eigenvalue weighted by Crippen LogP contribution is 2.13. The Hall–Kier alpha value is -1.85. The molecule has 0 heterocycles. The van der Waals surface area contributed by atoms with Crippen molar-refractivity contribution >= 4 is 45.3 Å². The molecule has 0 saturated heterocycles. The molecule has 0 unspecified atom stereocenters. The summed E-state index contributed by atoms with van der Waals surface area (Å²) < 4.78 is 0.989. The van der Waals surface area contributed by atoms with Crippen LogP contribution in [0.4, 0.5) is 5.69 Å². The van der Waals surface area contributed by atoms with Gasteiger partial charge >= 0.3 is 0 Å². The van der Waals surface area contributed by atoms with Crippen LogP contribution in [0.15, 0.2) is 58.1 Å². The van der Waals surface area contributed by atoms with Crippen LogP contribution in [-0.2, 0) is 4.79 Å². The molecule has 2 aromatic carbocycles. The summed E-state index contributed by atoms with van der Waals surface area (Å²) in [6, 6.07) is 14.8. The first kappa shape index (κ1) is 15.5. The van der Waals surface area contributed by atoms with Gasteiger partial charge in [-0.1, -0.05) is 39.7 Å². The van der Waals surface area contributed by atoms with Gasteiger partial charge in [0, 0.05) is 15.2 Å². The largest absolute Gasteiger partial charge is 0.376 e. The molecule has 0 bridgehead atoms. The summed E-state index contributed by atoms with van der Waals surface area (Å²) in [5.74, 6) is -0.226. The van der Waals surface area contributed by atoms with Gasteiger partial charge < -0.3 is 5.32 Å². The summed E-state index contributed by atoms with van der Waals surface area (Å²) in [6.07, 6.45) is 1.55. The SMILES string of the molecule is O=C(CNc1ccc(Br)cc1)N/N=C\c1cccc(Cl)c1. The first-order chi connectivity index (χ1) is 10.1. The van der Waals surface area contributed by atoms with E-state index in [-0.39, 0.29) is 12.5 Å². The molecular weight excluding hydrogens is 354 g/mol. The van der Waals surface area contributed by atoms with Crippen LogP contribution in [0.1, 0.15) is 5.56 Å². The number of rotatable bonds is 5. The first-order valence-electron chi connectivity index (χ1n) is 6.20. The number of anilines is 1. The summed E-state index contributed by atoms with van der Waals surface area (Å²) in [4.78, 5) is 11.6. The highest BCUT2D eigenvalue weighted by atomic mass is 79.9. The van der Waals surface area contributed by atoms with Crippen molar-refractivity contribution in [1.29, 1.82) is 0 Å². The molecule has 2 N–H and O–H groups in total. The molecule has 2 rings (SSSR count). The zero-order valence-electron chi connectivity index (χ0n) is 11.0. The van der Waals surface area contributed by atoms with Crippen LogP contribution in [0.3, 0.4) is 0 Å². The Morgan fingerprint density at radius 2 is 2.00 bits per heavy atom. The number of benzene rings is 2. The van der Waals surface area contributed by atoms with Gasteiger partial charge in [-0.05, 0) is 42.0 Å². The standard InChI is InChI=1S/C15H13BrClN3O/c16-12-4-6-14(7-5-12)18-10-15(21)20-19-9-11-2-1-3-13(17)8-11/h1-9,18H,10H2,(H,20,21)/b19-9-. The minimum Gasteiger partial charge on any atom is -0.376 e. The highest BCUT2D eigenvalue weighted by Gasteiger charge is 1.99. The van der Waals surface area contributed by atoms with Crippen LogP contribution in [-0.4, -0.2) is 18.7 Å². The van der Waals surface area contributed by atoms with Crippen molar-refractivity contribution in [2.75, 3.05) is 11.9 Å². The molecular formula is C15H13BrClN3O. The minimum atomic E-state index is -0.226. The summed E-state index contributed by atoms with van der Waals surface area (Å²) in [7, 11) is 0. The monoisotopic (exact) mass is 365 g/mol. The zero-order valence-corrected chi connectivity index (χ0v) is 13.4. The number of carbonyl (C=O) groups is 1. The Kier molecular flexibility index (Phi) is 5.78. The van der Waals surface area contributed by atoms with E-state index in [4.69, 9.17) is 11.6 Å². The van der Waals surface area contributed by atoms with Crippen LogP contribution in [0.2, 0.25) is 5.02 Å². The van der Waals surface area contributed by atoms with Crippen molar-refractivity contribution in [3.63, 3.8) is 0 Å². The summed E-state index contributed by atoms with van der Waals surface area (Å²) >= 11 is 9.20. The lowest BCUT2D eigenvalue weighted by Gasteiger charge is -2.05. The highest BCUT2D eigenvalue weighted by molar-refractivity contribution is 9.10. The van der Waals surface area contributed by atoms with Crippen LogP contribution >= 0.6 is 27.5 Å². The topological polar surface area (TPSA) is 53.5 Å². The van der Waals surface area contributed by atoms with Crippen molar-refractivity contribution in [1.82, 2.24) is 5.43 Å². The second kappa shape index (κ2) is 7.81. The van der Waals surface area contributed by atoms with Gasteiger partial charge in [-0.15, -0.1) is 0 Å². The van der Waals surface area contributed by atoms with Crippen molar-refractivity contribution in [3.8, 4) is 0 Å². The number of nitrogens with one attached hydrogen (secondary N) is 2. The molecule has 108 valence electrons. The molecule has 0 fully saturated rings. The van der Waals surface area contributed by atoms with Crippen LogP contribution < -0.4 is 10.7 Å². The third kappa shape index (κ3) is 5.57. The van der Waals surface area contributed by atoms with E-state index >= 15 is 0 Å². The van der Waals surface area contributed by atoms with Gasteiger partial charge in [0.2, 0.25) is 0 Å². The predicted molar refractivity (Wildman–Crippen MR) is 89.8 cm³/mol. The maximum Gasteiger partial charge on any atom is 0.259 e. The molecule has 0 aliphatic carbocycles. The van der Waals surface area contributed by atoms with E-state index in [1.54, 1.807) is 18.3 Å². The second-order valence-corrected chi connectivity index (χ2v) is 5.56. The third-order valence-electron chi connectivity index (χ3n) is 2.55. The summed E-state index contributed by atoms with van der Waals surface area (Å²) in [6.45, 7) is 0.147. The molecule has 1 amide bonds. The fourth-order valence-corrected chi connectivity index (χ4v) is 2.02. The van der Waals surface area contributed by atoms with Gasteiger partial charge in [-0.25, -0.2) is 5.43 Å². The van der Waals surface area contributed by atoms with Gasteiger partial charge in [0.05, 0.1) is 12.8 Å². The van der Waals surface area contributed by atoms with E-state index in [0.29, 0.717) is 5.02 Å². The Labute approximate surface area is 136 Å². The number of halogens is 2. The average Bonchev–Trinajstić information content (AvgIpc) is 2.47.